The summed E-state index contributed by atoms with van der Waals surface area (Å²) >= 11 is 0. The van der Waals surface area contributed by atoms with Crippen LogP contribution in [-0.2, 0) is 0 Å². The minimum absolute atomic E-state index is 0.546. The van der Waals surface area contributed by atoms with E-state index in [2.05, 4.69) is 20.6 Å². The van der Waals surface area contributed by atoms with Crippen LogP contribution in [0.25, 0.3) is 11.3 Å². The van der Waals surface area contributed by atoms with Gasteiger partial charge in [0.05, 0.1) is 19.9 Å². The van der Waals surface area contributed by atoms with Crippen LogP contribution < -0.4 is 20.1 Å². The van der Waals surface area contributed by atoms with Gasteiger partial charge in [-0.05, 0) is 12.1 Å². The van der Waals surface area contributed by atoms with Crippen LogP contribution in [0.15, 0.2) is 54.6 Å². The largest absolute Gasteiger partial charge is 0.493 e. The Balaban J connectivity index is 1.95. The van der Waals surface area contributed by atoms with Crippen molar-refractivity contribution in [1.29, 1.82) is 0 Å². The monoisotopic (exact) mass is 336 g/mol. The molecule has 2 N–H and O–H groups in total. The molecule has 3 rings (SSSR count). The van der Waals surface area contributed by atoms with E-state index in [-0.39, 0.29) is 0 Å². The number of benzene rings is 2. The molecule has 0 saturated heterocycles. The van der Waals surface area contributed by atoms with Gasteiger partial charge in [-0.1, -0.05) is 30.3 Å². The number of hydrogen-bond acceptors (Lipinski definition) is 6. The molecule has 0 radical (unpaired) electrons. The molecule has 128 valence electrons. The molecule has 0 bridgehead atoms. The summed E-state index contributed by atoms with van der Waals surface area (Å²) in [5.41, 5.74) is 2.71. The molecule has 0 fully saturated rings. The zero-order chi connectivity index (χ0) is 17.6. The predicted octanol–water partition coefficient (Wildman–Crippen LogP) is 3.95. The van der Waals surface area contributed by atoms with Gasteiger partial charge >= 0.3 is 0 Å². The first-order valence-corrected chi connectivity index (χ1v) is 7.85. The predicted molar refractivity (Wildman–Crippen MR) is 99.8 cm³/mol. The van der Waals surface area contributed by atoms with Gasteiger partial charge in [-0.2, -0.15) is 4.98 Å². The molecule has 0 aliphatic rings. The van der Waals surface area contributed by atoms with Crippen LogP contribution in [0.5, 0.6) is 11.5 Å². The highest BCUT2D eigenvalue weighted by atomic mass is 16.5. The van der Waals surface area contributed by atoms with E-state index in [9.17, 15) is 0 Å². The Labute approximate surface area is 146 Å². The maximum Gasteiger partial charge on any atom is 0.224 e. The zero-order valence-electron chi connectivity index (χ0n) is 14.4. The minimum Gasteiger partial charge on any atom is -0.493 e. The SMILES string of the molecule is CNc1nc(Nc2ccc(OC)c(OC)c2)cc(-c2ccccc2)n1. The highest BCUT2D eigenvalue weighted by Gasteiger charge is 2.08. The fourth-order valence-electron chi connectivity index (χ4n) is 2.44. The Morgan fingerprint density at radius 1 is 0.840 bits per heavy atom. The number of nitrogens with one attached hydrogen (secondary N) is 2. The quantitative estimate of drug-likeness (QED) is 0.710. The van der Waals surface area contributed by atoms with Crippen molar-refractivity contribution in [3.05, 3.63) is 54.6 Å². The lowest BCUT2D eigenvalue weighted by Crippen LogP contribution is -2.02. The van der Waals surface area contributed by atoms with Crippen molar-refractivity contribution >= 4 is 17.5 Å². The molecular formula is C19H20N4O2. The lowest BCUT2D eigenvalue weighted by molar-refractivity contribution is 0.355. The van der Waals surface area contributed by atoms with E-state index in [1.165, 1.54) is 0 Å². The molecule has 1 heterocycles. The molecular weight excluding hydrogens is 316 g/mol. The fraction of sp³-hybridized carbons (Fsp3) is 0.158. The maximum absolute atomic E-state index is 5.34. The van der Waals surface area contributed by atoms with Crippen LogP contribution >= 0.6 is 0 Å². The van der Waals surface area contributed by atoms with Crippen LogP contribution in [0.2, 0.25) is 0 Å². The number of aromatic nitrogens is 2. The Morgan fingerprint density at radius 2 is 1.60 bits per heavy atom. The van der Waals surface area contributed by atoms with Gasteiger partial charge in [-0.15, -0.1) is 0 Å². The van der Waals surface area contributed by atoms with Crippen molar-refractivity contribution in [3.8, 4) is 22.8 Å². The second-order valence-corrected chi connectivity index (χ2v) is 5.27. The second-order valence-electron chi connectivity index (χ2n) is 5.27. The van der Waals surface area contributed by atoms with Crippen LogP contribution in [0.1, 0.15) is 0 Å². The average Bonchev–Trinajstić information content (AvgIpc) is 2.68. The molecule has 2 aromatic carbocycles. The molecule has 6 heteroatoms. The summed E-state index contributed by atoms with van der Waals surface area (Å²) in [7, 11) is 5.02. The van der Waals surface area contributed by atoms with E-state index in [0.29, 0.717) is 23.3 Å². The Bertz CT molecular complexity index is 853. The van der Waals surface area contributed by atoms with E-state index in [0.717, 1.165) is 16.9 Å². The van der Waals surface area contributed by atoms with Crippen LogP contribution in [0, 0.1) is 0 Å². The minimum atomic E-state index is 0.546. The fourth-order valence-corrected chi connectivity index (χ4v) is 2.44. The number of rotatable bonds is 6. The number of nitrogens with zero attached hydrogens (tertiary/aromatic N) is 2. The lowest BCUT2D eigenvalue weighted by atomic mass is 10.1. The molecule has 0 saturated carbocycles. The van der Waals surface area contributed by atoms with Crippen LogP contribution in [-0.4, -0.2) is 31.2 Å². The summed E-state index contributed by atoms with van der Waals surface area (Å²) < 4.78 is 10.6. The first-order chi connectivity index (χ1) is 12.2. The summed E-state index contributed by atoms with van der Waals surface area (Å²) in [6, 6.07) is 17.5. The lowest BCUT2D eigenvalue weighted by Gasteiger charge is -2.12. The third-order valence-corrected chi connectivity index (χ3v) is 3.68. The van der Waals surface area contributed by atoms with E-state index in [4.69, 9.17) is 9.47 Å². The Hall–Kier alpha value is -3.28. The number of ether oxygens (including phenoxy) is 2. The molecule has 0 atom stereocenters. The van der Waals surface area contributed by atoms with Crippen LogP contribution in [0.4, 0.5) is 17.5 Å². The van der Waals surface area contributed by atoms with E-state index in [1.807, 2.05) is 54.6 Å². The molecule has 0 spiro atoms. The van der Waals surface area contributed by atoms with Crippen molar-refractivity contribution in [2.24, 2.45) is 0 Å². The summed E-state index contributed by atoms with van der Waals surface area (Å²) in [5.74, 6) is 2.56. The standard InChI is InChI=1S/C19H20N4O2/c1-20-19-22-15(13-7-5-4-6-8-13)12-18(23-19)21-14-9-10-16(24-2)17(11-14)25-3/h4-12H,1-3H3,(H2,20,21,22,23). The smallest absolute Gasteiger partial charge is 0.224 e. The normalized spacial score (nSPS) is 10.2. The van der Waals surface area contributed by atoms with Gasteiger partial charge in [0.1, 0.15) is 5.82 Å². The Kier molecular flexibility index (Phi) is 4.99. The molecule has 0 amide bonds. The zero-order valence-corrected chi connectivity index (χ0v) is 14.4. The van der Waals surface area contributed by atoms with Crippen molar-refractivity contribution < 1.29 is 9.47 Å². The van der Waals surface area contributed by atoms with Crippen molar-refractivity contribution in [3.63, 3.8) is 0 Å². The van der Waals surface area contributed by atoms with E-state index in [1.54, 1.807) is 21.3 Å². The molecule has 0 unspecified atom stereocenters. The summed E-state index contributed by atoms with van der Waals surface area (Å²) in [4.78, 5) is 8.98. The topological polar surface area (TPSA) is 68.3 Å². The molecule has 1 aromatic heterocycles. The summed E-state index contributed by atoms with van der Waals surface area (Å²) in [6.45, 7) is 0. The maximum atomic E-state index is 5.34. The van der Waals surface area contributed by atoms with Gasteiger partial charge in [-0.25, -0.2) is 4.98 Å². The average molecular weight is 336 g/mol. The molecule has 0 aliphatic heterocycles. The van der Waals surface area contributed by atoms with Crippen molar-refractivity contribution in [1.82, 2.24) is 9.97 Å². The van der Waals surface area contributed by atoms with Gasteiger partial charge in [0.25, 0.3) is 0 Å². The van der Waals surface area contributed by atoms with Gasteiger partial charge in [-0.3, -0.25) is 0 Å². The third kappa shape index (κ3) is 3.80. The van der Waals surface area contributed by atoms with Crippen LogP contribution in [0.3, 0.4) is 0 Å². The molecule has 25 heavy (non-hydrogen) atoms. The van der Waals surface area contributed by atoms with E-state index >= 15 is 0 Å². The molecule has 3 aromatic rings. The summed E-state index contributed by atoms with van der Waals surface area (Å²) in [5, 5.41) is 6.29. The first kappa shape index (κ1) is 16.6. The summed E-state index contributed by atoms with van der Waals surface area (Å²) in [6.07, 6.45) is 0. The second kappa shape index (κ2) is 7.53. The number of anilines is 3. The molecule has 0 aliphatic carbocycles. The number of methoxy groups -OCH3 is 2. The van der Waals surface area contributed by atoms with Gasteiger partial charge in [0.15, 0.2) is 11.5 Å². The highest BCUT2D eigenvalue weighted by Crippen LogP contribution is 2.31. The molecule has 6 nitrogen and oxygen atoms in total. The van der Waals surface area contributed by atoms with E-state index < -0.39 is 0 Å². The van der Waals surface area contributed by atoms with Gasteiger partial charge in [0.2, 0.25) is 5.95 Å². The van der Waals surface area contributed by atoms with Gasteiger partial charge < -0.3 is 20.1 Å². The van der Waals surface area contributed by atoms with Crippen molar-refractivity contribution in [2.75, 3.05) is 31.9 Å². The Morgan fingerprint density at radius 3 is 2.28 bits per heavy atom. The van der Waals surface area contributed by atoms with Gasteiger partial charge in [0, 0.05) is 30.4 Å². The number of hydrogen-bond donors (Lipinski definition) is 2. The van der Waals surface area contributed by atoms with Crippen molar-refractivity contribution in [2.45, 2.75) is 0 Å². The highest BCUT2D eigenvalue weighted by molar-refractivity contribution is 5.68. The third-order valence-electron chi connectivity index (χ3n) is 3.68. The first-order valence-electron chi connectivity index (χ1n) is 7.85.